The summed E-state index contributed by atoms with van der Waals surface area (Å²) >= 11 is 0. The summed E-state index contributed by atoms with van der Waals surface area (Å²) in [6.45, 7) is 1.85. The molecule has 0 atom stereocenters. The SMILES string of the molecule is Cc1c(C(=O)Nc2nnnn2C)c[c-]c2cccnc12.[W]. The van der Waals surface area contributed by atoms with Gasteiger partial charge in [-0.05, 0) is 21.5 Å². The van der Waals surface area contributed by atoms with E-state index in [0.29, 0.717) is 5.56 Å². The van der Waals surface area contributed by atoms with Crippen molar-refractivity contribution in [2.24, 2.45) is 7.05 Å². The van der Waals surface area contributed by atoms with Crippen molar-refractivity contribution in [1.82, 2.24) is 25.2 Å². The first kappa shape index (κ1) is 15.3. The van der Waals surface area contributed by atoms with E-state index in [4.69, 9.17) is 0 Å². The Morgan fingerprint density at radius 2 is 2.24 bits per heavy atom. The van der Waals surface area contributed by atoms with Crippen LogP contribution in [0.4, 0.5) is 5.95 Å². The van der Waals surface area contributed by atoms with Crippen molar-refractivity contribution in [3.63, 3.8) is 0 Å². The molecule has 21 heavy (non-hydrogen) atoms. The fraction of sp³-hybridized carbons (Fsp3) is 0.154. The van der Waals surface area contributed by atoms with Gasteiger partial charge in [0.05, 0.1) is 0 Å². The molecule has 0 aliphatic carbocycles. The number of anilines is 1. The second kappa shape index (κ2) is 6.09. The van der Waals surface area contributed by atoms with Gasteiger partial charge in [-0.1, -0.05) is 23.7 Å². The predicted octanol–water partition coefficient (Wildman–Crippen LogP) is 1.12. The van der Waals surface area contributed by atoms with E-state index < -0.39 is 0 Å². The zero-order valence-corrected chi connectivity index (χ0v) is 14.3. The third-order valence-electron chi connectivity index (χ3n) is 3.03. The number of carbonyl (C=O) groups is 1. The quantitative estimate of drug-likeness (QED) is 0.591. The van der Waals surface area contributed by atoms with Crippen LogP contribution in [0, 0.1) is 13.0 Å². The fourth-order valence-electron chi connectivity index (χ4n) is 1.95. The first-order valence-corrected chi connectivity index (χ1v) is 5.96. The molecule has 1 N–H and O–H groups in total. The minimum Gasteiger partial charge on any atom is -0.306 e. The largest absolute Gasteiger partial charge is 0.306 e. The molecule has 0 spiro atoms. The molecule has 3 rings (SSSR count). The predicted molar refractivity (Wildman–Crippen MR) is 72.1 cm³/mol. The molecular formula is C13H11N6OW-. The van der Waals surface area contributed by atoms with Gasteiger partial charge in [-0.3, -0.25) is 10.1 Å². The number of aromatic nitrogens is 5. The molecule has 0 radical (unpaired) electrons. The van der Waals surface area contributed by atoms with E-state index in [2.05, 4.69) is 31.9 Å². The van der Waals surface area contributed by atoms with Crippen LogP contribution in [0.25, 0.3) is 10.9 Å². The second-order valence-corrected chi connectivity index (χ2v) is 4.31. The summed E-state index contributed by atoms with van der Waals surface area (Å²) in [6, 6.07) is 8.45. The number of hydrogen-bond donors (Lipinski definition) is 1. The average Bonchev–Trinajstić information content (AvgIpc) is 2.85. The summed E-state index contributed by atoms with van der Waals surface area (Å²) in [7, 11) is 1.65. The molecule has 0 aliphatic heterocycles. The number of tetrazole rings is 1. The summed E-state index contributed by atoms with van der Waals surface area (Å²) in [5, 5.41) is 14.4. The Balaban J connectivity index is 0.00000161. The molecule has 0 bridgehead atoms. The Morgan fingerprint density at radius 3 is 2.95 bits per heavy atom. The van der Waals surface area contributed by atoms with Crippen molar-refractivity contribution < 1.29 is 25.9 Å². The van der Waals surface area contributed by atoms with Crippen LogP contribution in [0.15, 0.2) is 24.4 Å². The third kappa shape index (κ3) is 2.83. The first-order chi connectivity index (χ1) is 9.66. The zero-order chi connectivity index (χ0) is 14.1. The molecule has 1 aromatic carbocycles. The summed E-state index contributed by atoms with van der Waals surface area (Å²) in [5.74, 6) is -0.000258. The van der Waals surface area contributed by atoms with Gasteiger partial charge in [-0.2, -0.15) is 0 Å². The number of benzene rings is 1. The molecule has 2 aromatic heterocycles. The fourth-order valence-corrected chi connectivity index (χ4v) is 1.95. The minimum absolute atomic E-state index is 0. The molecule has 7 nitrogen and oxygen atoms in total. The van der Waals surface area contributed by atoms with Crippen molar-refractivity contribution in [2.75, 3.05) is 5.32 Å². The van der Waals surface area contributed by atoms with Gasteiger partial charge in [0.25, 0.3) is 0 Å². The molecule has 0 fully saturated rings. The van der Waals surface area contributed by atoms with Gasteiger partial charge in [0, 0.05) is 34.3 Å². The summed E-state index contributed by atoms with van der Waals surface area (Å²) in [5.41, 5.74) is 2.06. The van der Waals surface area contributed by atoms with Gasteiger partial charge in [-0.15, -0.1) is 23.6 Å². The standard InChI is InChI=1S/C13H11N6O.W/c1-8-10(6-5-9-4-3-7-14-11(8)9)12(20)15-13-16-17-18-19(13)2;/h3-4,6-7H,1-2H3,(H,15,16,18,20);/q-1;. The molecule has 106 valence electrons. The van der Waals surface area contributed by atoms with Gasteiger partial charge in [0.2, 0.25) is 11.9 Å². The Labute approximate surface area is 135 Å². The van der Waals surface area contributed by atoms with E-state index in [1.54, 1.807) is 19.3 Å². The van der Waals surface area contributed by atoms with E-state index >= 15 is 0 Å². The maximum atomic E-state index is 12.3. The van der Waals surface area contributed by atoms with Gasteiger partial charge in [-0.25, -0.2) is 4.68 Å². The second-order valence-electron chi connectivity index (χ2n) is 4.31. The minimum atomic E-state index is -0.288. The number of nitrogens with zero attached hydrogens (tertiary/aromatic N) is 5. The molecule has 8 heteroatoms. The van der Waals surface area contributed by atoms with Crippen LogP contribution in [0.5, 0.6) is 0 Å². The molecule has 0 unspecified atom stereocenters. The van der Waals surface area contributed by atoms with E-state index in [9.17, 15) is 4.79 Å². The van der Waals surface area contributed by atoms with Crippen LogP contribution in [-0.4, -0.2) is 31.1 Å². The molecular weight excluding hydrogens is 440 g/mol. The van der Waals surface area contributed by atoms with Gasteiger partial charge in [0.1, 0.15) is 0 Å². The molecule has 0 saturated carbocycles. The smallest absolute Gasteiger partial charge is 0.248 e. The monoisotopic (exact) mass is 451 g/mol. The number of rotatable bonds is 2. The Bertz CT molecular complexity index is 800. The van der Waals surface area contributed by atoms with Crippen LogP contribution in [0.3, 0.4) is 0 Å². The summed E-state index contributed by atoms with van der Waals surface area (Å²) in [6.07, 6.45) is 1.69. The molecule has 1 amide bonds. The van der Waals surface area contributed by atoms with Crippen LogP contribution in [0.1, 0.15) is 15.9 Å². The van der Waals surface area contributed by atoms with Crippen LogP contribution in [0.2, 0.25) is 0 Å². The van der Waals surface area contributed by atoms with Crippen LogP contribution >= 0.6 is 0 Å². The number of fused-ring (bicyclic) bond motifs is 1. The van der Waals surface area contributed by atoms with Crippen molar-refractivity contribution in [3.8, 4) is 0 Å². The topological polar surface area (TPSA) is 85.6 Å². The maximum Gasteiger partial charge on any atom is 0.248 e. The number of aryl methyl sites for hydroxylation is 2. The number of nitrogens with one attached hydrogen (secondary N) is 1. The van der Waals surface area contributed by atoms with E-state index in [-0.39, 0.29) is 32.9 Å². The zero-order valence-electron chi connectivity index (χ0n) is 11.4. The molecule has 0 aliphatic rings. The van der Waals surface area contributed by atoms with Crippen LogP contribution in [-0.2, 0) is 28.1 Å². The molecule has 2 heterocycles. The first-order valence-electron chi connectivity index (χ1n) is 5.96. The third-order valence-corrected chi connectivity index (χ3v) is 3.03. The van der Waals surface area contributed by atoms with Gasteiger partial charge < -0.3 is 4.98 Å². The van der Waals surface area contributed by atoms with Crippen molar-refractivity contribution in [1.29, 1.82) is 0 Å². The normalized spacial score (nSPS) is 10.2. The van der Waals surface area contributed by atoms with Crippen molar-refractivity contribution >= 4 is 22.8 Å². The van der Waals surface area contributed by atoms with Gasteiger partial charge >= 0.3 is 0 Å². The number of amides is 1. The Morgan fingerprint density at radius 1 is 1.43 bits per heavy atom. The molecule has 0 saturated heterocycles. The van der Waals surface area contributed by atoms with Crippen molar-refractivity contribution in [3.05, 3.63) is 41.6 Å². The number of pyridine rings is 1. The van der Waals surface area contributed by atoms with Gasteiger partial charge in [0.15, 0.2) is 0 Å². The van der Waals surface area contributed by atoms with Crippen molar-refractivity contribution in [2.45, 2.75) is 6.92 Å². The average molecular weight is 451 g/mol. The van der Waals surface area contributed by atoms with Crippen LogP contribution < -0.4 is 5.32 Å². The van der Waals surface area contributed by atoms with E-state index in [1.165, 1.54) is 4.68 Å². The summed E-state index contributed by atoms with van der Waals surface area (Å²) < 4.78 is 1.39. The van der Waals surface area contributed by atoms with E-state index in [0.717, 1.165) is 16.5 Å². The Hall–Kier alpha value is -2.14. The van der Waals surface area contributed by atoms with E-state index in [1.807, 2.05) is 19.1 Å². The molecule has 3 aromatic rings. The maximum absolute atomic E-state index is 12.3. The number of hydrogen-bond acceptors (Lipinski definition) is 5. The Kier molecular flexibility index (Phi) is 4.43. The summed E-state index contributed by atoms with van der Waals surface area (Å²) in [4.78, 5) is 16.5. The number of carbonyl (C=O) groups excluding carboxylic acids is 1.